The van der Waals surface area contributed by atoms with Crippen molar-refractivity contribution in [2.75, 3.05) is 13.2 Å². The Balaban J connectivity index is 5.51. The zero-order valence-electron chi connectivity index (χ0n) is 15.1. The molecule has 0 radical (unpaired) electrons. The summed E-state index contributed by atoms with van der Waals surface area (Å²) in [5.41, 5.74) is 0. The Morgan fingerprint density at radius 2 is 1.35 bits per heavy atom. The second kappa shape index (κ2) is 11.8. The summed E-state index contributed by atoms with van der Waals surface area (Å²) in [6.45, 7) is 3.59. The molecule has 0 aliphatic heterocycles. The number of rotatable bonds is 11. The van der Waals surface area contributed by atoms with Gasteiger partial charge in [-0.2, -0.15) is 0 Å². The van der Waals surface area contributed by atoms with E-state index in [0.29, 0.717) is 0 Å². The van der Waals surface area contributed by atoms with E-state index >= 15 is 0 Å². The summed E-state index contributed by atoms with van der Waals surface area (Å²) in [6.07, 6.45) is -3.69. The van der Waals surface area contributed by atoms with Crippen molar-refractivity contribution in [2.45, 2.75) is 58.8 Å². The van der Waals surface area contributed by atoms with Crippen LogP contribution in [0, 0.1) is 10.1 Å². The van der Waals surface area contributed by atoms with Crippen molar-refractivity contribution in [2.24, 2.45) is 0 Å². The van der Waals surface area contributed by atoms with Gasteiger partial charge < -0.3 is 18.9 Å². The molecule has 0 heterocycles. The molecule has 11 heteroatoms. The molecular formula is C15H23NO10. The maximum absolute atomic E-state index is 11.4. The Bertz CT molecular complexity index is 533. The summed E-state index contributed by atoms with van der Waals surface area (Å²) in [5, 5.41) is 10.5. The normalized spacial score (nSPS) is 13.7. The molecule has 0 aromatic rings. The molecule has 0 N–H and O–H groups in total. The SMILES string of the molecule is CC(=O)OCC(OC(C)=O)C(OC(C)=O)C(CCC[N+](=O)[O-])OC(C)=O. The van der Waals surface area contributed by atoms with Crippen LogP contribution in [0.2, 0.25) is 0 Å². The highest BCUT2D eigenvalue weighted by Gasteiger charge is 2.37. The highest BCUT2D eigenvalue weighted by molar-refractivity contribution is 5.68. The third-order valence-electron chi connectivity index (χ3n) is 2.95. The summed E-state index contributed by atoms with van der Waals surface area (Å²) in [5.74, 6) is -2.89. The van der Waals surface area contributed by atoms with Gasteiger partial charge in [-0.15, -0.1) is 0 Å². The van der Waals surface area contributed by atoms with Crippen LogP contribution in [0.5, 0.6) is 0 Å². The maximum Gasteiger partial charge on any atom is 0.303 e. The van der Waals surface area contributed by atoms with E-state index in [0.717, 1.165) is 27.7 Å². The van der Waals surface area contributed by atoms with Crippen molar-refractivity contribution in [1.82, 2.24) is 0 Å². The lowest BCUT2D eigenvalue weighted by atomic mass is 10.0. The quantitative estimate of drug-likeness (QED) is 0.214. The van der Waals surface area contributed by atoms with Crippen LogP contribution in [-0.4, -0.2) is 60.3 Å². The molecule has 0 saturated heterocycles. The maximum atomic E-state index is 11.4. The van der Waals surface area contributed by atoms with Gasteiger partial charge in [0.1, 0.15) is 12.7 Å². The molecule has 0 aromatic carbocycles. The number of carbonyl (C=O) groups is 4. The van der Waals surface area contributed by atoms with Gasteiger partial charge in [0.15, 0.2) is 12.2 Å². The van der Waals surface area contributed by atoms with Gasteiger partial charge >= 0.3 is 23.9 Å². The Morgan fingerprint density at radius 1 is 0.846 bits per heavy atom. The first-order chi connectivity index (χ1) is 12.0. The minimum atomic E-state index is -1.30. The first-order valence-corrected chi connectivity index (χ1v) is 7.79. The van der Waals surface area contributed by atoms with Crippen LogP contribution in [0.3, 0.4) is 0 Å². The van der Waals surface area contributed by atoms with E-state index in [1.54, 1.807) is 0 Å². The van der Waals surface area contributed by atoms with E-state index in [1.807, 2.05) is 0 Å². The van der Waals surface area contributed by atoms with Crippen LogP contribution in [0.4, 0.5) is 0 Å². The van der Waals surface area contributed by atoms with Crippen LogP contribution in [0.1, 0.15) is 40.5 Å². The minimum absolute atomic E-state index is 0.0169. The second-order valence-electron chi connectivity index (χ2n) is 5.37. The molecule has 0 fully saturated rings. The molecule has 0 bridgehead atoms. The number of carbonyl (C=O) groups excluding carboxylic acids is 4. The van der Waals surface area contributed by atoms with Gasteiger partial charge in [0.05, 0.1) is 0 Å². The molecule has 0 saturated carbocycles. The lowest BCUT2D eigenvalue weighted by molar-refractivity contribution is -0.480. The molecule has 148 valence electrons. The number of esters is 4. The number of nitrogens with zero attached hydrogens (tertiary/aromatic N) is 1. The molecule has 0 spiro atoms. The number of hydrogen-bond donors (Lipinski definition) is 0. The molecule has 0 aliphatic rings. The summed E-state index contributed by atoms with van der Waals surface area (Å²) in [6, 6.07) is 0. The average Bonchev–Trinajstić information content (AvgIpc) is 2.46. The predicted molar refractivity (Wildman–Crippen MR) is 84.4 cm³/mol. The summed E-state index contributed by atoms with van der Waals surface area (Å²) < 4.78 is 20.1. The van der Waals surface area contributed by atoms with E-state index in [9.17, 15) is 29.3 Å². The van der Waals surface area contributed by atoms with Gasteiger partial charge in [-0.1, -0.05) is 0 Å². The molecular weight excluding hydrogens is 354 g/mol. The Kier molecular flexibility index (Phi) is 10.5. The minimum Gasteiger partial charge on any atom is -0.462 e. The van der Waals surface area contributed by atoms with Gasteiger partial charge in [0.2, 0.25) is 6.54 Å². The Labute approximate surface area is 150 Å². The van der Waals surface area contributed by atoms with Gasteiger partial charge in [0.25, 0.3) is 0 Å². The average molecular weight is 377 g/mol. The van der Waals surface area contributed by atoms with Crippen LogP contribution < -0.4 is 0 Å². The van der Waals surface area contributed by atoms with E-state index in [1.165, 1.54) is 0 Å². The molecule has 26 heavy (non-hydrogen) atoms. The van der Waals surface area contributed by atoms with Crippen molar-refractivity contribution < 1.29 is 43.0 Å². The lowest BCUT2D eigenvalue weighted by Crippen LogP contribution is -2.47. The number of nitro groups is 1. The molecule has 3 unspecified atom stereocenters. The van der Waals surface area contributed by atoms with Crippen molar-refractivity contribution in [1.29, 1.82) is 0 Å². The molecule has 11 nitrogen and oxygen atoms in total. The van der Waals surface area contributed by atoms with Gasteiger partial charge in [0, 0.05) is 39.0 Å². The lowest BCUT2D eigenvalue weighted by Gasteiger charge is -2.31. The zero-order chi connectivity index (χ0) is 20.3. The fraction of sp³-hybridized carbons (Fsp3) is 0.733. The summed E-state index contributed by atoms with van der Waals surface area (Å²) >= 11 is 0. The highest BCUT2D eigenvalue weighted by atomic mass is 16.6. The van der Waals surface area contributed by atoms with E-state index in [2.05, 4.69) is 0 Å². The van der Waals surface area contributed by atoms with Crippen molar-refractivity contribution in [3.05, 3.63) is 10.1 Å². The van der Waals surface area contributed by atoms with Gasteiger partial charge in [-0.3, -0.25) is 29.3 Å². The standard InChI is InChI=1S/C15H23NO10/c1-9(17)23-8-14(25-11(3)19)15(26-12(4)20)13(24-10(2)18)6-5-7-16(21)22/h13-15H,5-8H2,1-4H3. The van der Waals surface area contributed by atoms with Crippen molar-refractivity contribution in [3.63, 3.8) is 0 Å². The fourth-order valence-electron chi connectivity index (χ4n) is 2.12. The number of ether oxygens (including phenoxy) is 4. The van der Waals surface area contributed by atoms with Crippen molar-refractivity contribution >= 4 is 23.9 Å². The predicted octanol–water partition coefficient (Wildman–Crippen LogP) is 0.402. The first-order valence-electron chi connectivity index (χ1n) is 7.79. The van der Waals surface area contributed by atoms with E-state index in [4.69, 9.17) is 18.9 Å². The van der Waals surface area contributed by atoms with Crippen molar-refractivity contribution in [3.8, 4) is 0 Å². The number of hydrogen-bond acceptors (Lipinski definition) is 10. The molecule has 0 aromatic heterocycles. The third kappa shape index (κ3) is 10.9. The van der Waals surface area contributed by atoms with Crippen LogP contribution in [0.15, 0.2) is 0 Å². The van der Waals surface area contributed by atoms with E-state index < -0.39 is 60.3 Å². The molecule has 0 aliphatic carbocycles. The van der Waals surface area contributed by atoms with Crippen LogP contribution >= 0.6 is 0 Å². The Morgan fingerprint density at radius 3 is 1.77 bits per heavy atom. The largest absolute Gasteiger partial charge is 0.462 e. The highest BCUT2D eigenvalue weighted by Crippen LogP contribution is 2.19. The summed E-state index contributed by atoms with van der Waals surface area (Å²) in [4.78, 5) is 55.1. The smallest absolute Gasteiger partial charge is 0.303 e. The summed E-state index contributed by atoms with van der Waals surface area (Å²) in [7, 11) is 0. The van der Waals surface area contributed by atoms with Crippen LogP contribution in [0.25, 0.3) is 0 Å². The first kappa shape index (κ1) is 23.3. The van der Waals surface area contributed by atoms with E-state index in [-0.39, 0.29) is 12.8 Å². The monoisotopic (exact) mass is 377 g/mol. The third-order valence-corrected chi connectivity index (χ3v) is 2.95. The van der Waals surface area contributed by atoms with Gasteiger partial charge in [-0.25, -0.2) is 0 Å². The Hall–Kier alpha value is -2.72. The van der Waals surface area contributed by atoms with Crippen LogP contribution in [-0.2, 0) is 38.1 Å². The fourth-order valence-corrected chi connectivity index (χ4v) is 2.12. The molecule has 3 atom stereocenters. The van der Waals surface area contributed by atoms with Gasteiger partial charge in [-0.05, 0) is 6.42 Å². The zero-order valence-corrected chi connectivity index (χ0v) is 15.1. The second-order valence-corrected chi connectivity index (χ2v) is 5.37. The molecule has 0 amide bonds. The topological polar surface area (TPSA) is 148 Å². The molecule has 0 rings (SSSR count).